The first-order valence-corrected chi connectivity index (χ1v) is 9.94. The maximum Gasteiger partial charge on any atom is 0.340 e. The number of hydrogen-bond donors (Lipinski definition) is 1. The normalized spacial score (nSPS) is 16.4. The molecule has 10 nitrogen and oxygen atoms in total. The lowest BCUT2D eigenvalue weighted by Crippen LogP contribution is -2.41. The maximum atomic E-state index is 12.8. The van der Waals surface area contributed by atoms with Crippen LogP contribution in [0.5, 0.6) is 0 Å². The summed E-state index contributed by atoms with van der Waals surface area (Å²) in [5.41, 5.74) is 0.369. The van der Waals surface area contributed by atoms with E-state index < -0.39 is 5.97 Å². The first-order chi connectivity index (χ1) is 14.2. The van der Waals surface area contributed by atoms with Crippen LogP contribution in [0.2, 0.25) is 0 Å². The number of nitrogens with one attached hydrogen (secondary N) is 1. The molecule has 4 rings (SSSR count). The van der Waals surface area contributed by atoms with Crippen molar-refractivity contribution in [2.24, 2.45) is 5.92 Å². The number of methoxy groups -OCH3 is 1. The van der Waals surface area contributed by atoms with Gasteiger partial charge < -0.3 is 15.0 Å². The third-order valence-electron chi connectivity index (χ3n) is 4.71. The Morgan fingerprint density at radius 2 is 2.07 bits per heavy atom. The molecule has 1 N–H and O–H groups in total. The lowest BCUT2D eigenvalue weighted by molar-refractivity contribution is -0.120. The van der Waals surface area contributed by atoms with Crippen LogP contribution in [0.4, 0.5) is 10.8 Å². The monoisotopic (exact) mass is 413 g/mol. The Kier molecular flexibility index (Phi) is 5.47. The van der Waals surface area contributed by atoms with E-state index in [4.69, 9.17) is 4.74 Å². The number of nitrogens with zero attached hydrogens (tertiary/aromatic N) is 6. The smallest absolute Gasteiger partial charge is 0.340 e. The summed E-state index contributed by atoms with van der Waals surface area (Å²) in [4.78, 5) is 30.5. The van der Waals surface area contributed by atoms with Crippen molar-refractivity contribution in [2.75, 3.05) is 30.4 Å². The molecular formula is C18H19N7O3S. The summed E-state index contributed by atoms with van der Waals surface area (Å²) in [7, 11) is 1.32. The molecule has 0 aliphatic carbocycles. The van der Waals surface area contributed by atoms with Crippen LogP contribution in [0.3, 0.4) is 0 Å². The second-order valence-electron chi connectivity index (χ2n) is 6.52. The highest BCUT2D eigenvalue weighted by Crippen LogP contribution is 2.27. The van der Waals surface area contributed by atoms with E-state index in [1.807, 2.05) is 17.0 Å². The molecule has 11 heteroatoms. The highest BCUT2D eigenvalue weighted by molar-refractivity contribution is 7.14. The van der Waals surface area contributed by atoms with Crippen molar-refractivity contribution in [2.45, 2.75) is 12.8 Å². The van der Waals surface area contributed by atoms with E-state index >= 15 is 0 Å². The van der Waals surface area contributed by atoms with Gasteiger partial charge in [0.25, 0.3) is 0 Å². The van der Waals surface area contributed by atoms with Gasteiger partial charge in [-0.2, -0.15) is 5.10 Å². The molecule has 3 aromatic heterocycles. The number of esters is 1. The number of hydrogen-bond acceptors (Lipinski definition) is 9. The van der Waals surface area contributed by atoms with E-state index in [0.717, 1.165) is 19.4 Å². The minimum Gasteiger partial charge on any atom is -0.465 e. The van der Waals surface area contributed by atoms with Gasteiger partial charge in [-0.15, -0.1) is 21.5 Å². The van der Waals surface area contributed by atoms with E-state index in [1.54, 1.807) is 17.8 Å². The van der Waals surface area contributed by atoms with E-state index in [0.29, 0.717) is 28.7 Å². The predicted octanol–water partition coefficient (Wildman–Crippen LogP) is 1.76. The summed E-state index contributed by atoms with van der Waals surface area (Å²) in [5, 5.41) is 17.6. The Labute approximate surface area is 170 Å². The Bertz CT molecular complexity index is 987. The minimum atomic E-state index is -0.463. The second kappa shape index (κ2) is 8.35. The summed E-state index contributed by atoms with van der Waals surface area (Å²) in [6.45, 7) is 1.33. The van der Waals surface area contributed by atoms with Crippen molar-refractivity contribution in [3.63, 3.8) is 0 Å². The van der Waals surface area contributed by atoms with Crippen molar-refractivity contribution < 1.29 is 14.3 Å². The molecule has 1 aliphatic heterocycles. The molecule has 0 spiro atoms. The van der Waals surface area contributed by atoms with Crippen molar-refractivity contribution in [1.82, 2.24) is 25.0 Å². The molecule has 1 fully saturated rings. The summed E-state index contributed by atoms with van der Waals surface area (Å²) in [5.74, 6) is 0.487. The van der Waals surface area contributed by atoms with E-state index in [9.17, 15) is 9.59 Å². The number of aromatic nitrogens is 5. The molecule has 1 unspecified atom stereocenters. The number of piperidine rings is 1. The van der Waals surface area contributed by atoms with Crippen LogP contribution >= 0.6 is 11.3 Å². The van der Waals surface area contributed by atoms with Gasteiger partial charge in [-0.3, -0.25) is 4.79 Å². The van der Waals surface area contributed by atoms with Crippen molar-refractivity contribution in [1.29, 1.82) is 0 Å². The number of amides is 1. The predicted molar refractivity (Wildman–Crippen MR) is 106 cm³/mol. The quantitative estimate of drug-likeness (QED) is 0.629. The van der Waals surface area contributed by atoms with Crippen LogP contribution in [0.1, 0.15) is 23.2 Å². The van der Waals surface area contributed by atoms with Gasteiger partial charge in [0.15, 0.2) is 11.6 Å². The minimum absolute atomic E-state index is 0.116. The lowest BCUT2D eigenvalue weighted by atomic mass is 9.97. The zero-order chi connectivity index (χ0) is 20.2. The fourth-order valence-electron chi connectivity index (χ4n) is 3.23. The molecule has 0 saturated carbocycles. The molecule has 0 radical (unpaired) electrons. The first-order valence-electron chi connectivity index (χ1n) is 9.06. The Morgan fingerprint density at radius 1 is 1.24 bits per heavy atom. The molecule has 3 aromatic rings. The van der Waals surface area contributed by atoms with Crippen LogP contribution in [-0.4, -0.2) is 57.0 Å². The van der Waals surface area contributed by atoms with Gasteiger partial charge in [0.1, 0.15) is 17.7 Å². The van der Waals surface area contributed by atoms with Gasteiger partial charge in [-0.05, 0) is 36.4 Å². The molecule has 1 amide bonds. The molecule has 29 heavy (non-hydrogen) atoms. The van der Waals surface area contributed by atoms with E-state index in [1.165, 1.54) is 29.5 Å². The number of thiophene rings is 1. The number of carbonyl (C=O) groups excluding carboxylic acids is 2. The molecule has 150 valence electrons. The number of anilines is 2. The van der Waals surface area contributed by atoms with Crippen LogP contribution in [0, 0.1) is 5.92 Å². The van der Waals surface area contributed by atoms with Crippen molar-refractivity contribution in [3.8, 4) is 5.82 Å². The van der Waals surface area contributed by atoms with Gasteiger partial charge in [0, 0.05) is 13.1 Å². The second-order valence-corrected chi connectivity index (χ2v) is 7.44. The van der Waals surface area contributed by atoms with Crippen LogP contribution in [0.15, 0.2) is 36.2 Å². The average Bonchev–Trinajstić information content (AvgIpc) is 3.46. The first kappa shape index (κ1) is 19.0. The molecule has 4 heterocycles. The summed E-state index contributed by atoms with van der Waals surface area (Å²) >= 11 is 1.30. The largest absolute Gasteiger partial charge is 0.465 e. The summed E-state index contributed by atoms with van der Waals surface area (Å²) in [6.07, 6.45) is 4.62. The molecule has 1 atom stereocenters. The fraction of sp³-hybridized carbons (Fsp3) is 0.333. The third kappa shape index (κ3) is 4.09. The molecule has 0 bridgehead atoms. The number of carbonyl (C=O) groups is 2. The van der Waals surface area contributed by atoms with E-state index in [2.05, 4.69) is 25.6 Å². The van der Waals surface area contributed by atoms with E-state index in [-0.39, 0.29) is 11.8 Å². The summed E-state index contributed by atoms with van der Waals surface area (Å²) in [6, 6.07) is 5.32. The highest BCUT2D eigenvalue weighted by Gasteiger charge is 2.28. The molecule has 0 aromatic carbocycles. The van der Waals surface area contributed by atoms with Gasteiger partial charge in [0.05, 0.1) is 18.6 Å². The fourth-order valence-corrected chi connectivity index (χ4v) is 4.00. The Hall–Kier alpha value is -3.34. The molecule has 1 aliphatic rings. The average molecular weight is 413 g/mol. The molecule has 1 saturated heterocycles. The van der Waals surface area contributed by atoms with Crippen LogP contribution < -0.4 is 10.2 Å². The van der Waals surface area contributed by atoms with Crippen LogP contribution in [-0.2, 0) is 9.53 Å². The summed E-state index contributed by atoms with van der Waals surface area (Å²) < 4.78 is 6.29. The number of rotatable bonds is 5. The third-order valence-corrected chi connectivity index (χ3v) is 5.54. The molecular weight excluding hydrogens is 394 g/mol. The lowest BCUT2D eigenvalue weighted by Gasteiger charge is -2.32. The number of ether oxygens (including phenoxy) is 1. The zero-order valence-electron chi connectivity index (χ0n) is 15.7. The Morgan fingerprint density at radius 3 is 2.79 bits per heavy atom. The van der Waals surface area contributed by atoms with Crippen molar-refractivity contribution in [3.05, 3.63) is 41.8 Å². The Balaban J connectivity index is 1.42. The van der Waals surface area contributed by atoms with Crippen molar-refractivity contribution >= 4 is 34.0 Å². The topological polar surface area (TPSA) is 115 Å². The highest BCUT2D eigenvalue weighted by atomic mass is 32.1. The van der Waals surface area contributed by atoms with Gasteiger partial charge in [-0.1, -0.05) is 0 Å². The SMILES string of the molecule is COC(=O)c1ccsc1NC(=O)C1CCCN(c2ccc(-n3cncn3)nn2)C1. The van der Waals surface area contributed by atoms with Crippen LogP contribution in [0.25, 0.3) is 5.82 Å². The maximum absolute atomic E-state index is 12.8. The van der Waals surface area contributed by atoms with Gasteiger partial charge in [-0.25, -0.2) is 14.5 Å². The standard InChI is InChI=1S/C18H19N7O3S/c1-28-18(27)13-6-8-29-17(13)21-16(26)12-3-2-7-24(9-12)14-4-5-15(23-22-14)25-11-19-10-20-25/h4-6,8,10-12H,2-3,7,9H2,1H3,(H,21,26). The van der Waals surface area contributed by atoms with Gasteiger partial charge in [0.2, 0.25) is 5.91 Å². The zero-order valence-corrected chi connectivity index (χ0v) is 16.5. The van der Waals surface area contributed by atoms with Gasteiger partial charge >= 0.3 is 5.97 Å².